The third-order valence-corrected chi connectivity index (χ3v) is 3.28. The zero-order valence-electron chi connectivity index (χ0n) is 13.8. The number of esters is 1. The number of hydrogen-bond donors (Lipinski definition) is 1. The number of methoxy groups -OCH3 is 2. The average molecular weight is 329 g/mol. The molecule has 0 aliphatic heterocycles. The molecule has 0 aromatic heterocycles. The maximum absolute atomic E-state index is 12.4. The number of amides is 1. The third-order valence-electron chi connectivity index (χ3n) is 3.28. The number of benzene rings is 2. The number of anilines is 1. The zero-order valence-corrected chi connectivity index (χ0v) is 13.8. The molecule has 0 fully saturated rings. The average Bonchev–Trinajstić information content (AvgIpc) is 2.62. The minimum atomic E-state index is -0.330. The summed E-state index contributed by atoms with van der Waals surface area (Å²) in [5.41, 5.74) is 0.930. The molecule has 2 aromatic rings. The summed E-state index contributed by atoms with van der Waals surface area (Å²) in [6.07, 6.45) is 0.300. The van der Waals surface area contributed by atoms with E-state index in [1.165, 1.54) is 14.2 Å². The van der Waals surface area contributed by atoms with Gasteiger partial charge in [-0.25, -0.2) is 0 Å². The molecule has 0 radical (unpaired) electrons. The molecule has 0 bridgehead atoms. The van der Waals surface area contributed by atoms with Crippen molar-refractivity contribution in [2.24, 2.45) is 0 Å². The molecular weight excluding hydrogens is 310 g/mol. The van der Waals surface area contributed by atoms with Gasteiger partial charge in [0.15, 0.2) is 0 Å². The van der Waals surface area contributed by atoms with Gasteiger partial charge < -0.3 is 19.5 Å². The fraction of sp³-hybridized carbons (Fsp3) is 0.222. The molecule has 24 heavy (non-hydrogen) atoms. The molecule has 2 aromatic carbocycles. The normalized spacial score (nSPS) is 9.96. The lowest BCUT2D eigenvalue weighted by molar-refractivity contribution is -0.134. The number of ether oxygens (including phenoxy) is 3. The Morgan fingerprint density at radius 2 is 1.62 bits per heavy atom. The molecule has 6 nitrogen and oxygen atoms in total. The molecule has 0 saturated heterocycles. The van der Waals surface area contributed by atoms with Crippen LogP contribution in [-0.4, -0.2) is 26.1 Å². The van der Waals surface area contributed by atoms with Crippen LogP contribution in [0.5, 0.6) is 17.2 Å². The highest BCUT2D eigenvalue weighted by molar-refractivity contribution is 6.06. The van der Waals surface area contributed by atoms with Gasteiger partial charge in [-0.3, -0.25) is 9.59 Å². The first-order valence-corrected chi connectivity index (χ1v) is 7.41. The summed E-state index contributed by atoms with van der Waals surface area (Å²) in [4.78, 5) is 23.7. The van der Waals surface area contributed by atoms with E-state index in [0.717, 1.165) is 0 Å². The van der Waals surface area contributed by atoms with Gasteiger partial charge in [0, 0.05) is 12.1 Å². The molecule has 0 aliphatic carbocycles. The third kappa shape index (κ3) is 4.25. The first kappa shape index (κ1) is 17.3. The van der Waals surface area contributed by atoms with Crippen LogP contribution in [0.1, 0.15) is 23.7 Å². The van der Waals surface area contributed by atoms with Crippen LogP contribution >= 0.6 is 0 Å². The van der Waals surface area contributed by atoms with Crippen LogP contribution in [0.2, 0.25) is 0 Å². The van der Waals surface area contributed by atoms with Crippen molar-refractivity contribution in [3.05, 3.63) is 48.0 Å². The molecule has 0 unspecified atom stereocenters. The second kappa shape index (κ2) is 8.01. The lowest BCUT2D eigenvalue weighted by Gasteiger charge is -2.11. The van der Waals surface area contributed by atoms with Gasteiger partial charge in [-0.05, 0) is 42.5 Å². The van der Waals surface area contributed by atoms with E-state index in [1.807, 2.05) is 0 Å². The standard InChI is InChI=1S/C18H19NO5/c1-4-17(20)24-13-7-5-12(6-8-13)19-18(21)15-11-14(22-2)9-10-16(15)23-3/h5-11H,4H2,1-3H3,(H,19,21). The maximum Gasteiger partial charge on any atom is 0.310 e. The van der Waals surface area contributed by atoms with E-state index in [2.05, 4.69) is 5.32 Å². The monoisotopic (exact) mass is 329 g/mol. The molecular formula is C18H19NO5. The second-order valence-corrected chi connectivity index (χ2v) is 4.87. The Morgan fingerprint density at radius 1 is 0.958 bits per heavy atom. The van der Waals surface area contributed by atoms with Gasteiger partial charge in [-0.2, -0.15) is 0 Å². The minimum Gasteiger partial charge on any atom is -0.497 e. The summed E-state index contributed by atoms with van der Waals surface area (Å²) in [7, 11) is 3.02. The smallest absolute Gasteiger partial charge is 0.310 e. The van der Waals surface area contributed by atoms with Crippen molar-refractivity contribution in [2.45, 2.75) is 13.3 Å². The summed E-state index contributed by atoms with van der Waals surface area (Å²) in [5.74, 6) is 0.792. The van der Waals surface area contributed by atoms with Gasteiger partial charge in [-0.15, -0.1) is 0 Å². The fourth-order valence-corrected chi connectivity index (χ4v) is 2.00. The van der Waals surface area contributed by atoms with Gasteiger partial charge in [-0.1, -0.05) is 6.92 Å². The minimum absolute atomic E-state index is 0.300. The van der Waals surface area contributed by atoms with Crippen molar-refractivity contribution in [3.63, 3.8) is 0 Å². The highest BCUT2D eigenvalue weighted by Crippen LogP contribution is 2.25. The SMILES string of the molecule is CCC(=O)Oc1ccc(NC(=O)c2cc(OC)ccc2OC)cc1. The van der Waals surface area contributed by atoms with Crippen LogP contribution in [0, 0.1) is 0 Å². The number of nitrogens with one attached hydrogen (secondary N) is 1. The Hall–Kier alpha value is -3.02. The second-order valence-electron chi connectivity index (χ2n) is 4.87. The molecule has 1 N–H and O–H groups in total. The lowest BCUT2D eigenvalue weighted by Crippen LogP contribution is -2.13. The van der Waals surface area contributed by atoms with Gasteiger partial charge in [0.2, 0.25) is 0 Å². The highest BCUT2D eigenvalue weighted by Gasteiger charge is 2.14. The lowest BCUT2D eigenvalue weighted by atomic mass is 10.1. The number of hydrogen-bond acceptors (Lipinski definition) is 5. The van der Waals surface area contributed by atoms with Crippen molar-refractivity contribution in [1.29, 1.82) is 0 Å². The van der Waals surface area contributed by atoms with E-state index in [0.29, 0.717) is 34.9 Å². The highest BCUT2D eigenvalue weighted by atomic mass is 16.5. The molecule has 0 aliphatic rings. The number of carbonyl (C=O) groups is 2. The van der Waals surface area contributed by atoms with E-state index >= 15 is 0 Å². The van der Waals surface area contributed by atoms with Gasteiger partial charge in [0.25, 0.3) is 5.91 Å². The zero-order chi connectivity index (χ0) is 17.5. The Bertz CT molecular complexity index is 725. The summed E-state index contributed by atoms with van der Waals surface area (Å²) in [5, 5.41) is 2.76. The first-order valence-electron chi connectivity index (χ1n) is 7.41. The van der Waals surface area contributed by atoms with Crippen LogP contribution in [0.25, 0.3) is 0 Å². The summed E-state index contributed by atoms with van der Waals surface area (Å²) >= 11 is 0. The van der Waals surface area contributed by atoms with Crippen LogP contribution < -0.4 is 19.5 Å². The van der Waals surface area contributed by atoms with Crippen LogP contribution in [0.3, 0.4) is 0 Å². The molecule has 0 heterocycles. The quantitative estimate of drug-likeness (QED) is 0.650. The van der Waals surface area contributed by atoms with Crippen molar-refractivity contribution in [2.75, 3.05) is 19.5 Å². The van der Waals surface area contributed by atoms with Gasteiger partial charge in [0.1, 0.15) is 17.2 Å². The number of carbonyl (C=O) groups excluding carboxylic acids is 2. The van der Waals surface area contributed by atoms with Crippen LogP contribution in [-0.2, 0) is 4.79 Å². The van der Waals surface area contributed by atoms with Gasteiger partial charge in [0.05, 0.1) is 19.8 Å². The number of rotatable bonds is 6. The van der Waals surface area contributed by atoms with E-state index in [4.69, 9.17) is 14.2 Å². The fourth-order valence-electron chi connectivity index (χ4n) is 2.00. The Labute approximate surface area is 140 Å². The van der Waals surface area contributed by atoms with Crippen molar-refractivity contribution in [1.82, 2.24) is 0 Å². The summed E-state index contributed by atoms with van der Waals surface area (Å²) in [6, 6.07) is 11.5. The molecule has 0 atom stereocenters. The maximum atomic E-state index is 12.4. The van der Waals surface area contributed by atoms with E-state index in [1.54, 1.807) is 49.4 Å². The predicted molar refractivity (Wildman–Crippen MR) is 89.9 cm³/mol. The molecule has 0 spiro atoms. The van der Waals surface area contributed by atoms with Crippen LogP contribution in [0.4, 0.5) is 5.69 Å². The first-order chi connectivity index (χ1) is 11.6. The summed E-state index contributed by atoms with van der Waals surface area (Å²) < 4.78 is 15.4. The van der Waals surface area contributed by atoms with E-state index in [9.17, 15) is 9.59 Å². The molecule has 2 rings (SSSR count). The van der Waals surface area contributed by atoms with E-state index in [-0.39, 0.29) is 11.9 Å². The topological polar surface area (TPSA) is 73.9 Å². The molecule has 0 saturated carbocycles. The molecule has 6 heteroatoms. The molecule has 1 amide bonds. The van der Waals surface area contributed by atoms with Crippen LogP contribution in [0.15, 0.2) is 42.5 Å². The van der Waals surface area contributed by atoms with Crippen molar-refractivity contribution < 1.29 is 23.8 Å². The summed E-state index contributed by atoms with van der Waals surface area (Å²) in [6.45, 7) is 1.72. The largest absolute Gasteiger partial charge is 0.497 e. The van der Waals surface area contributed by atoms with Gasteiger partial charge >= 0.3 is 5.97 Å². The van der Waals surface area contributed by atoms with E-state index < -0.39 is 0 Å². The van der Waals surface area contributed by atoms with Crippen molar-refractivity contribution in [3.8, 4) is 17.2 Å². The Kier molecular flexibility index (Phi) is 5.78. The van der Waals surface area contributed by atoms with Crippen molar-refractivity contribution >= 4 is 17.6 Å². The predicted octanol–water partition coefficient (Wildman–Crippen LogP) is 3.27. The molecule has 126 valence electrons. The Morgan fingerprint density at radius 3 is 2.21 bits per heavy atom. The Balaban J connectivity index is 2.13.